The van der Waals surface area contributed by atoms with Crippen LogP contribution in [-0.4, -0.2) is 24.1 Å². The van der Waals surface area contributed by atoms with Crippen LogP contribution in [0.3, 0.4) is 0 Å². The molecule has 3 N–H and O–H groups in total. The van der Waals surface area contributed by atoms with E-state index in [4.69, 9.17) is 15.6 Å². The Balaban J connectivity index is 3.16. The van der Waals surface area contributed by atoms with Gasteiger partial charge in [-0.15, -0.1) is 0 Å². The molecule has 0 saturated heterocycles. The zero-order chi connectivity index (χ0) is 12.1. The second kappa shape index (κ2) is 4.97. The van der Waals surface area contributed by atoms with E-state index in [0.29, 0.717) is 16.9 Å². The maximum absolute atomic E-state index is 10.9. The van der Waals surface area contributed by atoms with E-state index in [1.165, 1.54) is 25.3 Å². The van der Waals surface area contributed by atoms with Crippen LogP contribution in [0.2, 0.25) is 0 Å². The van der Waals surface area contributed by atoms with Gasteiger partial charge < -0.3 is 15.6 Å². The average Bonchev–Trinajstić information content (AvgIpc) is 2.25. The molecule has 1 aromatic rings. The molecule has 0 radical (unpaired) electrons. The summed E-state index contributed by atoms with van der Waals surface area (Å²) in [5, 5.41) is 8.50. The lowest BCUT2D eigenvalue weighted by molar-refractivity contribution is -0.131. The van der Waals surface area contributed by atoms with Crippen molar-refractivity contribution < 1.29 is 19.4 Å². The number of ether oxygens (including phenoxy) is 1. The van der Waals surface area contributed by atoms with E-state index < -0.39 is 11.9 Å². The van der Waals surface area contributed by atoms with E-state index in [-0.39, 0.29) is 0 Å². The number of hydrogen-bond acceptors (Lipinski definition) is 3. The summed E-state index contributed by atoms with van der Waals surface area (Å²) in [4.78, 5) is 21.3. The molecule has 84 valence electrons. The monoisotopic (exact) mass is 221 g/mol. The molecule has 0 unspecified atom stereocenters. The number of aliphatic carboxylic acids is 1. The summed E-state index contributed by atoms with van der Waals surface area (Å²) in [5.41, 5.74) is 5.89. The number of primary amides is 1. The molecule has 16 heavy (non-hydrogen) atoms. The van der Waals surface area contributed by atoms with E-state index in [9.17, 15) is 9.59 Å². The lowest BCUT2D eigenvalue weighted by atomic mass is 10.1. The Morgan fingerprint density at radius 3 is 2.62 bits per heavy atom. The van der Waals surface area contributed by atoms with Crippen LogP contribution in [-0.2, 0) is 4.79 Å². The lowest BCUT2D eigenvalue weighted by Gasteiger charge is -2.05. The fraction of sp³-hybridized carbons (Fsp3) is 0.0909. The van der Waals surface area contributed by atoms with E-state index in [2.05, 4.69) is 0 Å². The molecule has 0 spiro atoms. The van der Waals surface area contributed by atoms with Crippen LogP contribution in [0, 0.1) is 0 Å². The Labute approximate surface area is 92.1 Å². The van der Waals surface area contributed by atoms with Crippen LogP contribution in [0.25, 0.3) is 6.08 Å². The van der Waals surface area contributed by atoms with Gasteiger partial charge in [0, 0.05) is 17.2 Å². The van der Waals surface area contributed by atoms with Crippen molar-refractivity contribution >= 4 is 18.0 Å². The maximum atomic E-state index is 10.9. The Kier molecular flexibility index (Phi) is 3.66. The first-order valence-corrected chi connectivity index (χ1v) is 4.43. The minimum Gasteiger partial charge on any atom is -0.496 e. The number of hydrogen-bond donors (Lipinski definition) is 2. The number of methoxy groups -OCH3 is 1. The number of nitrogens with two attached hydrogens (primary N) is 1. The molecule has 0 aliphatic carbocycles. The fourth-order valence-electron chi connectivity index (χ4n) is 1.18. The minimum atomic E-state index is -1.08. The molecule has 1 rings (SSSR count). The van der Waals surface area contributed by atoms with Crippen molar-refractivity contribution in [2.24, 2.45) is 5.73 Å². The largest absolute Gasteiger partial charge is 0.496 e. The molecule has 5 nitrogen and oxygen atoms in total. The van der Waals surface area contributed by atoms with Gasteiger partial charge in [0.15, 0.2) is 0 Å². The number of carbonyl (C=O) groups is 2. The molecular weight excluding hydrogens is 210 g/mol. The van der Waals surface area contributed by atoms with Gasteiger partial charge in [-0.05, 0) is 24.3 Å². The van der Waals surface area contributed by atoms with Crippen LogP contribution in [0.4, 0.5) is 0 Å². The van der Waals surface area contributed by atoms with Crippen molar-refractivity contribution in [2.45, 2.75) is 0 Å². The molecule has 0 atom stereocenters. The predicted molar refractivity (Wildman–Crippen MR) is 58.2 cm³/mol. The molecular formula is C11H11NO4. The highest BCUT2D eigenvalue weighted by Gasteiger charge is 2.05. The summed E-state index contributed by atoms with van der Waals surface area (Å²) in [7, 11) is 1.46. The Morgan fingerprint density at radius 1 is 1.44 bits per heavy atom. The summed E-state index contributed by atoms with van der Waals surface area (Å²) in [5.74, 6) is -1.18. The molecule has 0 aliphatic heterocycles. The van der Waals surface area contributed by atoms with Crippen molar-refractivity contribution in [3.63, 3.8) is 0 Å². The number of benzene rings is 1. The predicted octanol–water partition coefficient (Wildman–Crippen LogP) is 0.892. The first-order valence-electron chi connectivity index (χ1n) is 4.43. The van der Waals surface area contributed by atoms with Gasteiger partial charge in [0.2, 0.25) is 5.91 Å². The summed E-state index contributed by atoms with van der Waals surface area (Å²) in [6.45, 7) is 0. The Morgan fingerprint density at radius 2 is 2.12 bits per heavy atom. The standard InChI is InChI=1S/C11H11NO4/c1-16-9-4-2-8(11(12)15)6-7(9)3-5-10(13)14/h2-6H,1H3,(H2,12,15)(H,13,14). The number of carboxylic acid groups (broad SMARTS) is 1. The smallest absolute Gasteiger partial charge is 0.328 e. The maximum Gasteiger partial charge on any atom is 0.328 e. The quantitative estimate of drug-likeness (QED) is 0.739. The van der Waals surface area contributed by atoms with Crippen LogP contribution in [0.1, 0.15) is 15.9 Å². The van der Waals surface area contributed by atoms with E-state index in [1.807, 2.05) is 0 Å². The third-order valence-electron chi connectivity index (χ3n) is 1.92. The molecule has 0 fully saturated rings. The van der Waals surface area contributed by atoms with Gasteiger partial charge >= 0.3 is 5.97 Å². The number of carbonyl (C=O) groups excluding carboxylic acids is 1. The zero-order valence-electron chi connectivity index (χ0n) is 8.64. The van der Waals surface area contributed by atoms with E-state index in [1.54, 1.807) is 6.07 Å². The summed E-state index contributed by atoms with van der Waals surface area (Å²) < 4.78 is 5.02. The van der Waals surface area contributed by atoms with E-state index >= 15 is 0 Å². The first kappa shape index (κ1) is 11.8. The lowest BCUT2D eigenvalue weighted by Crippen LogP contribution is -2.11. The van der Waals surface area contributed by atoms with Crippen molar-refractivity contribution in [1.82, 2.24) is 0 Å². The highest BCUT2D eigenvalue weighted by Crippen LogP contribution is 2.21. The minimum absolute atomic E-state index is 0.297. The van der Waals surface area contributed by atoms with Crippen molar-refractivity contribution in [2.75, 3.05) is 7.11 Å². The van der Waals surface area contributed by atoms with Gasteiger partial charge in [-0.25, -0.2) is 4.79 Å². The topological polar surface area (TPSA) is 89.6 Å². The normalized spacial score (nSPS) is 10.3. The van der Waals surface area contributed by atoms with Crippen molar-refractivity contribution in [3.05, 3.63) is 35.4 Å². The highest BCUT2D eigenvalue weighted by atomic mass is 16.5. The third-order valence-corrected chi connectivity index (χ3v) is 1.92. The molecule has 0 bridgehead atoms. The summed E-state index contributed by atoms with van der Waals surface area (Å²) in [6, 6.07) is 4.54. The van der Waals surface area contributed by atoms with Gasteiger partial charge in [0.25, 0.3) is 0 Å². The van der Waals surface area contributed by atoms with Crippen molar-refractivity contribution in [3.8, 4) is 5.75 Å². The van der Waals surface area contributed by atoms with Crippen LogP contribution < -0.4 is 10.5 Å². The van der Waals surface area contributed by atoms with Gasteiger partial charge in [-0.2, -0.15) is 0 Å². The molecule has 5 heteroatoms. The SMILES string of the molecule is COc1ccc(C(N)=O)cc1C=CC(=O)O. The van der Waals surface area contributed by atoms with Gasteiger partial charge in [0.05, 0.1) is 7.11 Å². The van der Waals surface area contributed by atoms with Gasteiger partial charge in [-0.1, -0.05) is 0 Å². The second-order valence-corrected chi connectivity index (χ2v) is 2.99. The Bertz CT molecular complexity index is 451. The number of rotatable bonds is 4. The highest BCUT2D eigenvalue weighted by molar-refractivity contribution is 5.94. The zero-order valence-corrected chi connectivity index (χ0v) is 8.64. The summed E-state index contributed by atoms with van der Waals surface area (Å²) >= 11 is 0. The van der Waals surface area contributed by atoms with E-state index in [0.717, 1.165) is 6.08 Å². The first-order chi connectivity index (χ1) is 7.54. The molecule has 1 amide bonds. The third kappa shape index (κ3) is 2.84. The average molecular weight is 221 g/mol. The molecule has 1 aromatic carbocycles. The summed E-state index contributed by atoms with van der Waals surface area (Å²) in [6.07, 6.45) is 2.30. The second-order valence-electron chi connectivity index (χ2n) is 2.99. The number of amides is 1. The molecule has 0 aliphatic rings. The molecule has 0 aromatic heterocycles. The van der Waals surface area contributed by atoms with Crippen molar-refractivity contribution in [1.29, 1.82) is 0 Å². The van der Waals surface area contributed by atoms with Crippen LogP contribution >= 0.6 is 0 Å². The molecule has 0 saturated carbocycles. The van der Waals surface area contributed by atoms with Gasteiger partial charge in [0.1, 0.15) is 5.75 Å². The van der Waals surface area contributed by atoms with Crippen LogP contribution in [0.5, 0.6) is 5.75 Å². The fourth-order valence-corrected chi connectivity index (χ4v) is 1.18. The van der Waals surface area contributed by atoms with Crippen LogP contribution in [0.15, 0.2) is 24.3 Å². The van der Waals surface area contributed by atoms with Gasteiger partial charge in [-0.3, -0.25) is 4.79 Å². The molecule has 0 heterocycles. The number of carboxylic acids is 1. The Hall–Kier alpha value is -2.30.